The Kier molecular flexibility index (Phi) is 6.19. The molecule has 0 saturated heterocycles. The van der Waals surface area contributed by atoms with Gasteiger partial charge in [-0.1, -0.05) is 30.3 Å². The number of ether oxygens (including phenoxy) is 1. The number of carboxylic acid groups (broad SMARTS) is 2. The molecule has 1 aromatic rings. The highest BCUT2D eigenvalue weighted by molar-refractivity contribution is 5.77. The van der Waals surface area contributed by atoms with Crippen LogP contribution < -0.4 is 0 Å². The molecule has 2 N–H and O–H groups in total. The molecule has 21 heavy (non-hydrogen) atoms. The standard InChI is InChI=1S/C14H17NO6/c1-15(8-7-12(16)17)14(20)21-11(13(18)19)9-10-5-3-2-4-6-10/h2-6,11H,7-9H2,1H3,(H,16,17)(H,18,19)/t11-/m0/s1. The molecule has 0 aliphatic carbocycles. The maximum absolute atomic E-state index is 11.7. The number of hydrogen-bond acceptors (Lipinski definition) is 4. The van der Waals surface area contributed by atoms with Gasteiger partial charge in [0.2, 0.25) is 6.10 Å². The maximum Gasteiger partial charge on any atom is 0.410 e. The van der Waals surface area contributed by atoms with E-state index in [2.05, 4.69) is 0 Å². The van der Waals surface area contributed by atoms with Crippen LogP contribution in [0.4, 0.5) is 4.79 Å². The third-order valence-corrected chi connectivity index (χ3v) is 2.76. The van der Waals surface area contributed by atoms with Crippen LogP contribution in [-0.2, 0) is 20.7 Å². The zero-order valence-electron chi connectivity index (χ0n) is 11.6. The van der Waals surface area contributed by atoms with E-state index in [9.17, 15) is 14.4 Å². The summed E-state index contributed by atoms with van der Waals surface area (Å²) in [5, 5.41) is 17.6. The molecule has 0 aliphatic rings. The van der Waals surface area contributed by atoms with E-state index in [4.69, 9.17) is 14.9 Å². The van der Waals surface area contributed by atoms with Crippen molar-refractivity contribution in [2.75, 3.05) is 13.6 Å². The van der Waals surface area contributed by atoms with Gasteiger partial charge >= 0.3 is 18.0 Å². The molecule has 1 rings (SSSR count). The molecule has 7 heteroatoms. The number of benzene rings is 1. The first kappa shape index (κ1) is 16.5. The van der Waals surface area contributed by atoms with Crippen LogP contribution in [0.15, 0.2) is 30.3 Å². The van der Waals surface area contributed by atoms with Crippen molar-refractivity contribution < 1.29 is 29.3 Å². The maximum atomic E-state index is 11.7. The fraction of sp³-hybridized carbons (Fsp3) is 0.357. The number of carbonyl (C=O) groups is 3. The van der Waals surface area contributed by atoms with E-state index in [0.717, 1.165) is 10.5 Å². The van der Waals surface area contributed by atoms with Gasteiger partial charge in [-0.25, -0.2) is 9.59 Å². The lowest BCUT2D eigenvalue weighted by atomic mass is 10.1. The molecular formula is C14H17NO6. The number of nitrogens with zero attached hydrogens (tertiary/aromatic N) is 1. The molecule has 0 unspecified atom stereocenters. The van der Waals surface area contributed by atoms with Gasteiger partial charge in [-0.2, -0.15) is 0 Å². The van der Waals surface area contributed by atoms with Gasteiger partial charge in [0.05, 0.1) is 6.42 Å². The minimum Gasteiger partial charge on any atom is -0.481 e. The van der Waals surface area contributed by atoms with Gasteiger partial charge in [0.15, 0.2) is 0 Å². The van der Waals surface area contributed by atoms with Crippen LogP contribution in [0.3, 0.4) is 0 Å². The van der Waals surface area contributed by atoms with Gasteiger partial charge in [0.1, 0.15) is 0 Å². The normalized spacial score (nSPS) is 11.5. The van der Waals surface area contributed by atoms with E-state index in [-0.39, 0.29) is 19.4 Å². The van der Waals surface area contributed by atoms with E-state index in [1.807, 2.05) is 0 Å². The average Bonchev–Trinajstić information content (AvgIpc) is 2.44. The van der Waals surface area contributed by atoms with Crippen molar-refractivity contribution in [3.05, 3.63) is 35.9 Å². The van der Waals surface area contributed by atoms with Crippen LogP contribution in [0.1, 0.15) is 12.0 Å². The third kappa shape index (κ3) is 5.94. The first-order chi connectivity index (χ1) is 9.90. The van der Waals surface area contributed by atoms with Crippen molar-refractivity contribution in [1.29, 1.82) is 0 Å². The topological polar surface area (TPSA) is 104 Å². The van der Waals surface area contributed by atoms with E-state index in [1.54, 1.807) is 30.3 Å². The third-order valence-electron chi connectivity index (χ3n) is 2.76. The first-order valence-electron chi connectivity index (χ1n) is 6.30. The van der Waals surface area contributed by atoms with Gasteiger partial charge in [-0.15, -0.1) is 0 Å². The zero-order valence-corrected chi connectivity index (χ0v) is 11.6. The Hall–Kier alpha value is -2.57. The lowest BCUT2D eigenvalue weighted by molar-refractivity contribution is -0.147. The van der Waals surface area contributed by atoms with Crippen molar-refractivity contribution >= 4 is 18.0 Å². The number of aliphatic carboxylic acids is 2. The van der Waals surface area contributed by atoms with Crippen LogP contribution >= 0.6 is 0 Å². The Balaban J connectivity index is 2.60. The fourth-order valence-electron chi connectivity index (χ4n) is 1.57. The molecule has 0 heterocycles. The lowest BCUT2D eigenvalue weighted by Crippen LogP contribution is -2.36. The smallest absolute Gasteiger partial charge is 0.410 e. The molecule has 0 fully saturated rings. The highest BCUT2D eigenvalue weighted by atomic mass is 16.6. The van der Waals surface area contributed by atoms with Gasteiger partial charge < -0.3 is 19.8 Å². The second-order valence-electron chi connectivity index (χ2n) is 4.47. The molecule has 1 aromatic carbocycles. The monoisotopic (exact) mass is 295 g/mol. The minimum atomic E-state index is -1.31. The van der Waals surface area contributed by atoms with E-state index in [1.165, 1.54) is 7.05 Å². The Morgan fingerprint density at radius 3 is 2.33 bits per heavy atom. The molecule has 114 valence electrons. The number of carbonyl (C=O) groups excluding carboxylic acids is 1. The summed E-state index contributed by atoms with van der Waals surface area (Å²) in [5.41, 5.74) is 0.728. The zero-order chi connectivity index (χ0) is 15.8. The largest absolute Gasteiger partial charge is 0.481 e. The summed E-state index contributed by atoms with van der Waals surface area (Å²) in [4.78, 5) is 34.3. The molecule has 1 atom stereocenters. The molecule has 0 bridgehead atoms. The summed E-state index contributed by atoms with van der Waals surface area (Å²) < 4.78 is 4.90. The second-order valence-corrected chi connectivity index (χ2v) is 4.47. The number of rotatable bonds is 7. The highest BCUT2D eigenvalue weighted by Crippen LogP contribution is 2.08. The Bertz CT molecular complexity index is 501. The van der Waals surface area contributed by atoms with Crippen molar-refractivity contribution in [1.82, 2.24) is 4.90 Å². The quantitative estimate of drug-likeness (QED) is 0.784. The SMILES string of the molecule is CN(CCC(=O)O)C(=O)O[C@@H](Cc1ccccc1)C(=O)O. The van der Waals surface area contributed by atoms with Crippen molar-refractivity contribution in [2.24, 2.45) is 0 Å². The van der Waals surface area contributed by atoms with Crippen molar-refractivity contribution in [2.45, 2.75) is 18.9 Å². The number of amides is 1. The number of hydrogen-bond donors (Lipinski definition) is 2. The molecule has 0 aromatic heterocycles. The van der Waals surface area contributed by atoms with Crippen molar-refractivity contribution in [3.63, 3.8) is 0 Å². The van der Waals surface area contributed by atoms with Gasteiger partial charge in [-0.3, -0.25) is 4.79 Å². The molecular weight excluding hydrogens is 278 g/mol. The first-order valence-corrected chi connectivity index (χ1v) is 6.30. The van der Waals surface area contributed by atoms with E-state index < -0.39 is 24.1 Å². The molecule has 0 radical (unpaired) electrons. The molecule has 0 spiro atoms. The van der Waals surface area contributed by atoms with Gasteiger partial charge in [0.25, 0.3) is 0 Å². The van der Waals surface area contributed by atoms with E-state index in [0.29, 0.717) is 0 Å². The second kappa shape index (κ2) is 7.88. The molecule has 1 amide bonds. The Morgan fingerprint density at radius 2 is 1.81 bits per heavy atom. The number of carboxylic acids is 2. The average molecular weight is 295 g/mol. The van der Waals surface area contributed by atoms with Crippen molar-refractivity contribution in [3.8, 4) is 0 Å². The molecule has 0 saturated carbocycles. The predicted octanol–water partition coefficient (Wildman–Crippen LogP) is 1.23. The molecule has 7 nitrogen and oxygen atoms in total. The lowest BCUT2D eigenvalue weighted by Gasteiger charge is -2.19. The highest BCUT2D eigenvalue weighted by Gasteiger charge is 2.24. The minimum absolute atomic E-state index is 0.0498. The van der Waals surface area contributed by atoms with Gasteiger partial charge in [0, 0.05) is 20.0 Å². The Morgan fingerprint density at radius 1 is 1.19 bits per heavy atom. The van der Waals surface area contributed by atoms with Crippen LogP contribution in [0.5, 0.6) is 0 Å². The summed E-state index contributed by atoms with van der Waals surface area (Å²) in [7, 11) is 1.35. The van der Waals surface area contributed by atoms with Crippen LogP contribution in [-0.4, -0.2) is 52.8 Å². The Labute approximate surface area is 121 Å². The van der Waals surface area contributed by atoms with Crippen LogP contribution in [0.2, 0.25) is 0 Å². The summed E-state index contributed by atoms with van der Waals surface area (Å²) >= 11 is 0. The summed E-state index contributed by atoms with van der Waals surface area (Å²) in [5.74, 6) is -2.30. The van der Waals surface area contributed by atoms with Crippen LogP contribution in [0, 0.1) is 0 Å². The summed E-state index contributed by atoms with van der Waals surface area (Å²) in [6, 6.07) is 8.78. The summed E-state index contributed by atoms with van der Waals surface area (Å²) in [6.07, 6.45) is -2.36. The van der Waals surface area contributed by atoms with Gasteiger partial charge in [-0.05, 0) is 5.56 Å². The predicted molar refractivity (Wildman–Crippen MR) is 72.9 cm³/mol. The summed E-state index contributed by atoms with van der Waals surface area (Å²) in [6.45, 7) is -0.0498. The van der Waals surface area contributed by atoms with Crippen LogP contribution in [0.25, 0.3) is 0 Å². The van der Waals surface area contributed by atoms with E-state index >= 15 is 0 Å². The molecule has 0 aliphatic heterocycles. The fourth-order valence-corrected chi connectivity index (χ4v) is 1.57.